The Kier molecular flexibility index (Phi) is 7.37. The molecule has 0 radical (unpaired) electrons. The Bertz CT molecular complexity index is 1060. The largest absolute Gasteiger partial charge is 0.490 e. The third kappa shape index (κ3) is 5.98. The molecule has 1 unspecified atom stereocenters. The Balaban J connectivity index is 0.000000360. The number of aliphatic carboxylic acids is 1. The molecule has 0 fully saturated rings. The van der Waals surface area contributed by atoms with Crippen molar-refractivity contribution in [2.75, 3.05) is 13.1 Å². The molecule has 0 saturated carbocycles. The third-order valence-electron chi connectivity index (χ3n) is 5.00. The SMILES string of the molecule is Cc1ccc(-c2nn(C)cc2CNCC2NCCc3ccccc32)o1.O=C(O)C(F)(F)F. The maximum Gasteiger partial charge on any atom is 0.490 e. The van der Waals surface area contributed by atoms with Gasteiger partial charge in [-0.1, -0.05) is 24.3 Å². The lowest BCUT2D eigenvalue weighted by Crippen LogP contribution is -2.36. The molecular formula is C22H25F3N4O3. The third-order valence-corrected chi connectivity index (χ3v) is 5.00. The number of fused-ring (bicyclic) bond motifs is 1. The summed E-state index contributed by atoms with van der Waals surface area (Å²) in [5.74, 6) is -1.02. The van der Waals surface area contributed by atoms with Gasteiger partial charge >= 0.3 is 12.1 Å². The summed E-state index contributed by atoms with van der Waals surface area (Å²) in [4.78, 5) is 8.90. The van der Waals surface area contributed by atoms with Gasteiger partial charge in [0, 0.05) is 37.9 Å². The highest BCUT2D eigenvalue weighted by atomic mass is 19.4. The average Bonchev–Trinajstić information content (AvgIpc) is 3.33. The molecule has 3 N–H and O–H groups in total. The van der Waals surface area contributed by atoms with Crippen LogP contribution in [0.2, 0.25) is 0 Å². The van der Waals surface area contributed by atoms with E-state index in [0.717, 1.165) is 48.8 Å². The highest BCUT2D eigenvalue weighted by Crippen LogP contribution is 2.25. The second-order valence-corrected chi connectivity index (χ2v) is 7.48. The van der Waals surface area contributed by atoms with E-state index in [1.54, 1.807) is 0 Å². The molecule has 1 aliphatic rings. The van der Waals surface area contributed by atoms with Gasteiger partial charge in [0.2, 0.25) is 0 Å². The number of aromatic nitrogens is 2. The second-order valence-electron chi connectivity index (χ2n) is 7.48. The van der Waals surface area contributed by atoms with Crippen LogP contribution in [0.3, 0.4) is 0 Å². The van der Waals surface area contributed by atoms with Gasteiger partial charge in [0.1, 0.15) is 11.5 Å². The molecular weight excluding hydrogens is 425 g/mol. The molecule has 0 saturated heterocycles. The number of furan rings is 1. The van der Waals surface area contributed by atoms with Crippen LogP contribution in [0.25, 0.3) is 11.5 Å². The average molecular weight is 450 g/mol. The minimum atomic E-state index is -5.08. The Morgan fingerprint density at radius 2 is 2.03 bits per heavy atom. The van der Waals surface area contributed by atoms with Gasteiger partial charge in [0.15, 0.2) is 5.76 Å². The molecule has 172 valence electrons. The Labute approximate surface area is 183 Å². The molecule has 2 aromatic heterocycles. The van der Waals surface area contributed by atoms with Gasteiger partial charge in [-0.25, -0.2) is 4.79 Å². The van der Waals surface area contributed by atoms with Crippen molar-refractivity contribution in [3.63, 3.8) is 0 Å². The number of halogens is 3. The summed E-state index contributed by atoms with van der Waals surface area (Å²) in [5, 5.41) is 18.9. The maximum atomic E-state index is 10.6. The summed E-state index contributed by atoms with van der Waals surface area (Å²) < 4.78 is 39.3. The highest BCUT2D eigenvalue weighted by molar-refractivity contribution is 5.73. The number of nitrogens with zero attached hydrogens (tertiary/aromatic N) is 2. The topological polar surface area (TPSA) is 92.3 Å². The summed E-state index contributed by atoms with van der Waals surface area (Å²) in [6, 6.07) is 13.0. The lowest BCUT2D eigenvalue weighted by molar-refractivity contribution is -0.192. The Morgan fingerprint density at radius 3 is 2.69 bits per heavy atom. The van der Waals surface area contributed by atoms with Crippen molar-refractivity contribution < 1.29 is 27.5 Å². The van der Waals surface area contributed by atoms with Crippen molar-refractivity contribution in [3.8, 4) is 11.5 Å². The number of hydrogen-bond acceptors (Lipinski definition) is 5. The zero-order chi connectivity index (χ0) is 23.3. The molecule has 10 heteroatoms. The van der Waals surface area contributed by atoms with Crippen LogP contribution in [-0.4, -0.2) is 40.1 Å². The van der Waals surface area contributed by atoms with Crippen molar-refractivity contribution in [1.29, 1.82) is 0 Å². The molecule has 3 aromatic rings. The predicted molar refractivity (Wildman–Crippen MR) is 112 cm³/mol. The van der Waals surface area contributed by atoms with E-state index < -0.39 is 12.1 Å². The van der Waals surface area contributed by atoms with Gasteiger partial charge < -0.3 is 20.2 Å². The van der Waals surface area contributed by atoms with Crippen LogP contribution in [-0.2, 0) is 24.8 Å². The minimum Gasteiger partial charge on any atom is -0.475 e. The molecule has 3 heterocycles. The van der Waals surface area contributed by atoms with E-state index in [4.69, 9.17) is 14.3 Å². The van der Waals surface area contributed by atoms with Crippen LogP contribution in [0, 0.1) is 6.92 Å². The normalized spacial score (nSPS) is 15.6. The number of aryl methyl sites for hydroxylation is 2. The number of carbonyl (C=O) groups is 1. The molecule has 0 aliphatic carbocycles. The van der Waals surface area contributed by atoms with Gasteiger partial charge in [-0.3, -0.25) is 4.68 Å². The summed E-state index contributed by atoms with van der Waals surface area (Å²) in [6.45, 7) is 4.65. The van der Waals surface area contributed by atoms with Crippen LogP contribution in [0.5, 0.6) is 0 Å². The summed E-state index contributed by atoms with van der Waals surface area (Å²) in [6.07, 6.45) is -1.92. The fourth-order valence-electron chi connectivity index (χ4n) is 3.56. The number of hydrogen-bond donors (Lipinski definition) is 3. The molecule has 0 bridgehead atoms. The monoisotopic (exact) mass is 450 g/mol. The van der Waals surface area contributed by atoms with Crippen molar-refractivity contribution in [2.24, 2.45) is 7.05 Å². The molecule has 4 rings (SSSR count). The van der Waals surface area contributed by atoms with Crippen molar-refractivity contribution in [3.05, 3.63) is 65.0 Å². The van der Waals surface area contributed by atoms with Crippen molar-refractivity contribution >= 4 is 5.97 Å². The minimum absolute atomic E-state index is 0.357. The van der Waals surface area contributed by atoms with Gasteiger partial charge in [-0.2, -0.15) is 18.3 Å². The first-order valence-corrected chi connectivity index (χ1v) is 10.1. The van der Waals surface area contributed by atoms with E-state index in [9.17, 15) is 13.2 Å². The van der Waals surface area contributed by atoms with Crippen LogP contribution in [0.4, 0.5) is 13.2 Å². The van der Waals surface area contributed by atoms with Gasteiger partial charge in [-0.05, 0) is 43.1 Å². The van der Waals surface area contributed by atoms with Crippen LogP contribution in [0.1, 0.15) is 28.5 Å². The van der Waals surface area contributed by atoms with E-state index in [1.807, 2.05) is 30.8 Å². The zero-order valence-electron chi connectivity index (χ0n) is 17.7. The van der Waals surface area contributed by atoms with Gasteiger partial charge in [0.25, 0.3) is 0 Å². The number of carboxylic acid groups (broad SMARTS) is 1. The van der Waals surface area contributed by atoms with Crippen molar-refractivity contribution in [1.82, 2.24) is 20.4 Å². The summed E-state index contributed by atoms with van der Waals surface area (Å²) in [7, 11) is 1.95. The lowest BCUT2D eigenvalue weighted by atomic mass is 9.94. The molecule has 32 heavy (non-hydrogen) atoms. The van der Waals surface area contributed by atoms with Crippen LogP contribution in [0.15, 0.2) is 47.0 Å². The quantitative estimate of drug-likeness (QED) is 0.550. The van der Waals surface area contributed by atoms with Gasteiger partial charge in [0.05, 0.1) is 0 Å². The van der Waals surface area contributed by atoms with Gasteiger partial charge in [-0.15, -0.1) is 0 Å². The fourth-order valence-corrected chi connectivity index (χ4v) is 3.56. The van der Waals surface area contributed by atoms with Crippen LogP contribution >= 0.6 is 0 Å². The smallest absolute Gasteiger partial charge is 0.475 e. The van der Waals surface area contributed by atoms with E-state index >= 15 is 0 Å². The summed E-state index contributed by atoms with van der Waals surface area (Å²) in [5.41, 5.74) is 4.94. The molecule has 1 aromatic carbocycles. The number of carboxylic acids is 1. The standard InChI is InChI=1S/C20H24N4O.C2HF3O2/c1-14-7-8-19(25-14)20-16(13-24(2)23-20)11-21-12-18-17-6-4-3-5-15(17)9-10-22-18;3-2(4,5)1(6)7/h3-8,13,18,21-22H,9-12H2,1-2H3;(H,6,7). The first-order valence-electron chi connectivity index (χ1n) is 10.1. The second kappa shape index (κ2) is 10.0. The highest BCUT2D eigenvalue weighted by Gasteiger charge is 2.38. The fraction of sp³-hybridized carbons (Fsp3) is 0.364. The van der Waals surface area contributed by atoms with E-state index in [0.29, 0.717) is 6.04 Å². The zero-order valence-corrected chi connectivity index (χ0v) is 17.7. The lowest BCUT2D eigenvalue weighted by Gasteiger charge is -2.27. The Hall–Kier alpha value is -3.11. The van der Waals surface area contributed by atoms with E-state index in [-0.39, 0.29) is 0 Å². The number of alkyl halides is 3. The first-order chi connectivity index (χ1) is 15.1. The van der Waals surface area contributed by atoms with E-state index in [1.165, 1.54) is 11.1 Å². The number of benzene rings is 1. The summed E-state index contributed by atoms with van der Waals surface area (Å²) >= 11 is 0. The number of rotatable bonds is 5. The molecule has 1 aliphatic heterocycles. The first kappa shape index (κ1) is 23.6. The van der Waals surface area contributed by atoms with Crippen molar-refractivity contribution in [2.45, 2.75) is 32.1 Å². The van der Waals surface area contributed by atoms with Crippen LogP contribution < -0.4 is 10.6 Å². The maximum absolute atomic E-state index is 10.6. The Morgan fingerprint density at radius 1 is 1.31 bits per heavy atom. The predicted octanol–water partition coefficient (Wildman–Crippen LogP) is 3.60. The molecule has 0 amide bonds. The molecule has 7 nitrogen and oxygen atoms in total. The number of nitrogens with one attached hydrogen (secondary N) is 2. The molecule has 1 atom stereocenters. The molecule has 0 spiro atoms. The van der Waals surface area contributed by atoms with E-state index in [2.05, 4.69) is 46.2 Å².